The van der Waals surface area contributed by atoms with E-state index in [1.165, 1.54) is 6.07 Å². The molecule has 20 heavy (non-hydrogen) atoms. The Hall–Kier alpha value is -1.04. The molecule has 2 aromatic rings. The molecule has 0 aliphatic rings. The summed E-state index contributed by atoms with van der Waals surface area (Å²) in [4.78, 5) is 0.0760. The molecule has 2 aromatic carbocycles. The molecule has 0 saturated carbocycles. The molecule has 0 fully saturated rings. The summed E-state index contributed by atoms with van der Waals surface area (Å²) in [7, 11) is -3.69. The number of benzene rings is 2. The van der Waals surface area contributed by atoms with Crippen LogP contribution in [0.15, 0.2) is 45.8 Å². The molecule has 0 aliphatic carbocycles. The van der Waals surface area contributed by atoms with E-state index in [0.29, 0.717) is 5.69 Å². The van der Waals surface area contributed by atoms with Crippen molar-refractivity contribution in [1.29, 1.82) is 0 Å². The summed E-state index contributed by atoms with van der Waals surface area (Å²) in [6.07, 6.45) is 0. The zero-order chi connectivity index (χ0) is 14.9. The zero-order valence-corrected chi connectivity index (χ0v) is 14.1. The van der Waals surface area contributed by atoms with E-state index in [9.17, 15) is 8.42 Å². The van der Waals surface area contributed by atoms with Crippen molar-refractivity contribution >= 4 is 43.2 Å². The van der Waals surface area contributed by atoms with E-state index in [-0.39, 0.29) is 9.92 Å². The van der Waals surface area contributed by atoms with Gasteiger partial charge in [0.1, 0.15) is 4.90 Å². The highest BCUT2D eigenvalue weighted by Gasteiger charge is 2.18. The van der Waals surface area contributed by atoms with Crippen LogP contribution in [0.2, 0.25) is 5.02 Å². The third-order valence-electron chi connectivity index (χ3n) is 2.81. The normalized spacial score (nSPS) is 11.4. The van der Waals surface area contributed by atoms with Gasteiger partial charge in [0.05, 0.1) is 10.7 Å². The molecule has 2 rings (SSSR count). The van der Waals surface area contributed by atoms with Gasteiger partial charge in [0.25, 0.3) is 10.0 Å². The number of rotatable bonds is 3. The van der Waals surface area contributed by atoms with Gasteiger partial charge in [-0.05, 0) is 55.3 Å². The highest BCUT2D eigenvalue weighted by molar-refractivity contribution is 9.10. The smallest absolute Gasteiger partial charge is 0.263 e. The first kappa shape index (κ1) is 15.4. The maximum Gasteiger partial charge on any atom is 0.263 e. The number of aryl methyl sites for hydroxylation is 2. The fourth-order valence-corrected chi connectivity index (χ4v) is 3.97. The minimum atomic E-state index is -3.69. The van der Waals surface area contributed by atoms with Crippen molar-refractivity contribution in [2.75, 3.05) is 4.72 Å². The van der Waals surface area contributed by atoms with Crippen LogP contribution in [0.25, 0.3) is 0 Å². The Bertz CT molecular complexity index is 760. The predicted octanol–water partition coefficient (Wildman–Crippen LogP) is 4.52. The average molecular weight is 375 g/mol. The van der Waals surface area contributed by atoms with Crippen LogP contribution < -0.4 is 4.72 Å². The van der Waals surface area contributed by atoms with Crippen molar-refractivity contribution in [1.82, 2.24) is 0 Å². The van der Waals surface area contributed by atoms with Gasteiger partial charge in [-0.3, -0.25) is 4.72 Å². The maximum absolute atomic E-state index is 12.4. The van der Waals surface area contributed by atoms with E-state index < -0.39 is 10.0 Å². The second kappa shape index (κ2) is 5.76. The molecule has 0 spiro atoms. The molecule has 106 valence electrons. The summed E-state index contributed by atoms with van der Waals surface area (Å²) in [6, 6.07) is 10.2. The molecule has 0 bridgehead atoms. The van der Waals surface area contributed by atoms with Gasteiger partial charge < -0.3 is 0 Å². The highest BCUT2D eigenvalue weighted by atomic mass is 79.9. The molecule has 0 saturated heterocycles. The Kier molecular flexibility index (Phi) is 4.42. The lowest BCUT2D eigenvalue weighted by molar-refractivity contribution is 0.601. The van der Waals surface area contributed by atoms with Crippen LogP contribution in [0.3, 0.4) is 0 Å². The third-order valence-corrected chi connectivity index (χ3v) is 5.15. The Morgan fingerprint density at radius 2 is 1.80 bits per heavy atom. The predicted molar refractivity (Wildman–Crippen MR) is 85.9 cm³/mol. The van der Waals surface area contributed by atoms with E-state index in [1.54, 1.807) is 24.3 Å². The van der Waals surface area contributed by atoms with E-state index in [1.807, 2.05) is 19.9 Å². The molecule has 0 aliphatic heterocycles. The standard InChI is InChI=1S/C14H13BrClNO2S/c1-9-3-6-14(12(16)7-9)20(18,19)17-13-5-4-11(15)8-10(13)2/h3-8,17H,1-2H3. The van der Waals surface area contributed by atoms with E-state index in [2.05, 4.69) is 20.7 Å². The Morgan fingerprint density at radius 3 is 2.40 bits per heavy atom. The lowest BCUT2D eigenvalue weighted by Crippen LogP contribution is -2.14. The number of anilines is 1. The first-order valence-corrected chi connectivity index (χ1v) is 8.50. The Morgan fingerprint density at radius 1 is 1.10 bits per heavy atom. The molecule has 0 amide bonds. The summed E-state index contributed by atoms with van der Waals surface area (Å²) >= 11 is 9.36. The van der Waals surface area contributed by atoms with Gasteiger partial charge in [0.2, 0.25) is 0 Å². The van der Waals surface area contributed by atoms with Crippen LogP contribution in [-0.2, 0) is 10.0 Å². The van der Waals surface area contributed by atoms with Crippen LogP contribution in [0.4, 0.5) is 5.69 Å². The first-order chi connectivity index (χ1) is 9.29. The van der Waals surface area contributed by atoms with Gasteiger partial charge >= 0.3 is 0 Å². The highest BCUT2D eigenvalue weighted by Crippen LogP contribution is 2.27. The van der Waals surface area contributed by atoms with Crippen LogP contribution in [0.5, 0.6) is 0 Å². The largest absolute Gasteiger partial charge is 0.279 e. The van der Waals surface area contributed by atoms with Crippen molar-refractivity contribution in [3.8, 4) is 0 Å². The number of nitrogens with one attached hydrogen (secondary N) is 1. The summed E-state index contributed by atoms with van der Waals surface area (Å²) < 4.78 is 28.2. The Labute approximate surface area is 132 Å². The van der Waals surface area contributed by atoms with Crippen molar-refractivity contribution < 1.29 is 8.42 Å². The first-order valence-electron chi connectivity index (χ1n) is 5.85. The van der Waals surface area contributed by atoms with Crippen LogP contribution in [0, 0.1) is 13.8 Å². The summed E-state index contributed by atoms with van der Waals surface area (Å²) in [5.74, 6) is 0. The number of halogens is 2. The molecule has 0 atom stereocenters. The van der Waals surface area contributed by atoms with Gasteiger partial charge in [0.15, 0.2) is 0 Å². The Balaban J connectivity index is 2.41. The van der Waals surface area contributed by atoms with Crippen molar-refractivity contribution in [2.45, 2.75) is 18.7 Å². The second-order valence-corrected chi connectivity index (χ2v) is 7.47. The van der Waals surface area contributed by atoms with Gasteiger partial charge in [-0.15, -0.1) is 0 Å². The quantitative estimate of drug-likeness (QED) is 0.858. The van der Waals surface area contributed by atoms with Crippen molar-refractivity contribution in [3.05, 3.63) is 57.0 Å². The number of hydrogen-bond donors (Lipinski definition) is 1. The lowest BCUT2D eigenvalue weighted by atomic mass is 10.2. The van der Waals surface area contributed by atoms with Crippen LogP contribution in [0.1, 0.15) is 11.1 Å². The SMILES string of the molecule is Cc1ccc(S(=O)(=O)Nc2ccc(Br)cc2C)c(Cl)c1. The molecular weight excluding hydrogens is 362 g/mol. The van der Waals surface area contributed by atoms with Gasteiger partial charge in [-0.25, -0.2) is 8.42 Å². The van der Waals surface area contributed by atoms with Crippen molar-refractivity contribution in [2.24, 2.45) is 0 Å². The van der Waals surface area contributed by atoms with Crippen molar-refractivity contribution in [3.63, 3.8) is 0 Å². The maximum atomic E-state index is 12.4. The lowest BCUT2D eigenvalue weighted by Gasteiger charge is -2.12. The summed E-state index contributed by atoms with van der Waals surface area (Å²) in [5.41, 5.74) is 2.27. The molecule has 0 unspecified atom stereocenters. The fourth-order valence-electron chi connectivity index (χ4n) is 1.77. The number of hydrogen-bond acceptors (Lipinski definition) is 2. The topological polar surface area (TPSA) is 46.2 Å². The van der Waals surface area contributed by atoms with Gasteiger partial charge in [0, 0.05) is 4.47 Å². The molecule has 0 aromatic heterocycles. The molecule has 0 radical (unpaired) electrons. The molecule has 6 heteroatoms. The minimum Gasteiger partial charge on any atom is -0.279 e. The average Bonchev–Trinajstić information content (AvgIpc) is 2.32. The molecule has 1 N–H and O–H groups in total. The number of sulfonamides is 1. The molecule has 0 heterocycles. The van der Waals surface area contributed by atoms with Gasteiger partial charge in [-0.2, -0.15) is 0 Å². The van der Waals surface area contributed by atoms with Gasteiger partial charge in [-0.1, -0.05) is 33.6 Å². The molecule has 3 nitrogen and oxygen atoms in total. The molecular formula is C14H13BrClNO2S. The third kappa shape index (κ3) is 3.34. The van der Waals surface area contributed by atoms with E-state index >= 15 is 0 Å². The zero-order valence-electron chi connectivity index (χ0n) is 10.9. The van der Waals surface area contributed by atoms with Crippen LogP contribution >= 0.6 is 27.5 Å². The minimum absolute atomic E-state index is 0.0760. The summed E-state index contributed by atoms with van der Waals surface area (Å²) in [5, 5.41) is 0.215. The fraction of sp³-hybridized carbons (Fsp3) is 0.143. The van der Waals surface area contributed by atoms with E-state index in [0.717, 1.165) is 15.6 Å². The second-order valence-electron chi connectivity index (χ2n) is 4.50. The van der Waals surface area contributed by atoms with E-state index in [4.69, 9.17) is 11.6 Å². The van der Waals surface area contributed by atoms with Crippen LogP contribution in [-0.4, -0.2) is 8.42 Å². The monoisotopic (exact) mass is 373 g/mol. The summed E-state index contributed by atoms with van der Waals surface area (Å²) in [6.45, 7) is 3.69.